The smallest absolute Gasteiger partial charge is 0.338 e. The van der Waals surface area contributed by atoms with Crippen LogP contribution in [0.3, 0.4) is 0 Å². The van der Waals surface area contributed by atoms with Crippen LogP contribution in [0.1, 0.15) is 24.1 Å². The zero-order valence-electron chi connectivity index (χ0n) is 22.3. The summed E-state index contributed by atoms with van der Waals surface area (Å²) in [6, 6.07) is 12.5. The number of ether oxygens (including phenoxy) is 3. The quantitative estimate of drug-likeness (QED) is 0.424. The molecule has 0 unspecified atom stereocenters. The first-order valence-electron chi connectivity index (χ1n) is 12.7. The number of amides is 2. The van der Waals surface area contributed by atoms with Gasteiger partial charge in [0.05, 0.1) is 36.8 Å². The molecule has 0 spiro atoms. The van der Waals surface area contributed by atoms with Gasteiger partial charge in [-0.3, -0.25) is 4.90 Å². The maximum Gasteiger partial charge on any atom is 0.338 e. The third-order valence-corrected chi connectivity index (χ3v) is 8.59. The molecule has 4 rings (SSSR count). The molecule has 0 bridgehead atoms. The molecule has 39 heavy (non-hydrogen) atoms. The van der Waals surface area contributed by atoms with Crippen molar-refractivity contribution in [1.29, 1.82) is 0 Å². The van der Waals surface area contributed by atoms with Crippen molar-refractivity contribution in [2.24, 2.45) is 0 Å². The van der Waals surface area contributed by atoms with Gasteiger partial charge in [-0.2, -0.15) is 4.31 Å². The summed E-state index contributed by atoms with van der Waals surface area (Å²) in [5.74, 6) is 0.0884. The molecule has 2 aromatic rings. The van der Waals surface area contributed by atoms with Crippen molar-refractivity contribution in [1.82, 2.24) is 19.8 Å². The van der Waals surface area contributed by atoms with E-state index in [1.54, 1.807) is 63.6 Å². The number of urea groups is 1. The first kappa shape index (κ1) is 28.6. The zero-order valence-corrected chi connectivity index (χ0v) is 23.1. The Morgan fingerprint density at radius 3 is 2.41 bits per heavy atom. The molecule has 1 saturated heterocycles. The number of nitrogens with zero attached hydrogens (tertiary/aromatic N) is 2. The lowest BCUT2D eigenvalue weighted by Gasteiger charge is -2.36. The van der Waals surface area contributed by atoms with Gasteiger partial charge in [-0.15, -0.1) is 0 Å². The summed E-state index contributed by atoms with van der Waals surface area (Å²) in [5.41, 5.74) is 2.16. The fraction of sp³-hybridized carbons (Fsp3) is 0.407. The van der Waals surface area contributed by atoms with Gasteiger partial charge >= 0.3 is 12.0 Å². The molecule has 2 amide bonds. The van der Waals surface area contributed by atoms with E-state index in [0.717, 1.165) is 5.56 Å². The summed E-state index contributed by atoms with van der Waals surface area (Å²) in [7, 11) is -0.460. The molecular formula is C27H34N4O7S. The molecular weight excluding hydrogens is 524 g/mol. The van der Waals surface area contributed by atoms with Crippen LogP contribution < -0.4 is 15.4 Å². The molecule has 2 N–H and O–H groups in total. The van der Waals surface area contributed by atoms with Crippen molar-refractivity contribution in [3.05, 3.63) is 70.9 Å². The Labute approximate surface area is 228 Å². The number of hydrogen-bond acceptors (Lipinski definition) is 8. The van der Waals surface area contributed by atoms with E-state index in [-0.39, 0.29) is 37.7 Å². The van der Waals surface area contributed by atoms with Crippen molar-refractivity contribution < 1.29 is 32.2 Å². The second-order valence-corrected chi connectivity index (χ2v) is 11.1. The van der Waals surface area contributed by atoms with Crippen LogP contribution in [0.5, 0.6) is 5.75 Å². The zero-order chi connectivity index (χ0) is 28.0. The lowest BCUT2D eigenvalue weighted by Crippen LogP contribution is -2.52. The fourth-order valence-electron chi connectivity index (χ4n) is 4.78. The van der Waals surface area contributed by atoms with Crippen molar-refractivity contribution in [2.45, 2.75) is 24.5 Å². The van der Waals surface area contributed by atoms with Crippen LogP contribution in [0.15, 0.2) is 64.7 Å². The molecule has 1 fully saturated rings. The topological polar surface area (TPSA) is 127 Å². The molecule has 12 heteroatoms. The van der Waals surface area contributed by atoms with Gasteiger partial charge in [0.15, 0.2) is 0 Å². The standard InChI is InChI=1S/C27H34N4O7S/c1-4-38-26(32)24-22(17-30-12-14-31(15-13-30)39(34,35)21-8-6-5-7-9-21)28-27(33)29-25(24)19-10-11-23(37-3)20(16-19)18-36-2/h5-11,16,25H,4,12-15,17-18H2,1-3H3,(H2,28,29,33)/t25-/m0/s1. The van der Waals surface area contributed by atoms with Gasteiger partial charge in [-0.05, 0) is 36.8 Å². The highest BCUT2D eigenvalue weighted by atomic mass is 32.2. The highest BCUT2D eigenvalue weighted by Crippen LogP contribution is 2.32. The minimum absolute atomic E-state index is 0.170. The summed E-state index contributed by atoms with van der Waals surface area (Å²) in [5, 5.41) is 5.63. The van der Waals surface area contributed by atoms with E-state index < -0.39 is 28.1 Å². The maximum absolute atomic E-state index is 13.2. The number of carbonyl (C=O) groups is 2. The van der Waals surface area contributed by atoms with Crippen LogP contribution in [0.4, 0.5) is 4.79 Å². The van der Waals surface area contributed by atoms with Gasteiger partial charge in [0.25, 0.3) is 0 Å². The number of carbonyl (C=O) groups excluding carboxylic acids is 2. The average molecular weight is 559 g/mol. The number of esters is 1. The number of nitrogens with one attached hydrogen (secondary N) is 2. The number of sulfonamides is 1. The lowest BCUT2D eigenvalue weighted by molar-refractivity contribution is -0.139. The maximum atomic E-state index is 13.2. The molecule has 11 nitrogen and oxygen atoms in total. The van der Waals surface area contributed by atoms with Crippen LogP contribution in [-0.2, 0) is 30.9 Å². The Morgan fingerprint density at radius 2 is 1.77 bits per heavy atom. The van der Waals surface area contributed by atoms with E-state index in [4.69, 9.17) is 14.2 Å². The van der Waals surface area contributed by atoms with Gasteiger partial charge in [-0.1, -0.05) is 24.3 Å². The van der Waals surface area contributed by atoms with Gasteiger partial charge in [0.1, 0.15) is 5.75 Å². The Kier molecular flexibility index (Phi) is 9.23. The van der Waals surface area contributed by atoms with Crippen LogP contribution in [0.25, 0.3) is 0 Å². The van der Waals surface area contributed by atoms with E-state index in [1.165, 1.54) is 4.31 Å². The molecule has 2 aliphatic heterocycles. The Bertz CT molecular complexity index is 1320. The highest BCUT2D eigenvalue weighted by Gasteiger charge is 2.36. The van der Waals surface area contributed by atoms with Gasteiger partial charge in [0.2, 0.25) is 10.0 Å². The lowest BCUT2D eigenvalue weighted by atomic mass is 9.93. The summed E-state index contributed by atoms with van der Waals surface area (Å²) < 4.78 is 43.6. The highest BCUT2D eigenvalue weighted by molar-refractivity contribution is 7.89. The third-order valence-electron chi connectivity index (χ3n) is 6.68. The molecule has 1 atom stereocenters. The van der Waals surface area contributed by atoms with Crippen LogP contribution in [0.2, 0.25) is 0 Å². The molecule has 0 saturated carbocycles. The molecule has 0 aromatic heterocycles. The van der Waals surface area contributed by atoms with Crippen molar-refractivity contribution in [3.63, 3.8) is 0 Å². The van der Waals surface area contributed by atoms with Crippen molar-refractivity contribution >= 4 is 22.0 Å². The van der Waals surface area contributed by atoms with Gasteiger partial charge in [-0.25, -0.2) is 18.0 Å². The number of hydrogen-bond donors (Lipinski definition) is 2. The van der Waals surface area contributed by atoms with Crippen LogP contribution in [-0.4, -0.2) is 83.2 Å². The first-order chi connectivity index (χ1) is 18.8. The minimum Gasteiger partial charge on any atom is -0.496 e. The Hall–Kier alpha value is -3.45. The Morgan fingerprint density at radius 1 is 1.05 bits per heavy atom. The summed E-state index contributed by atoms with van der Waals surface area (Å²) >= 11 is 0. The minimum atomic E-state index is -3.60. The molecule has 2 heterocycles. The summed E-state index contributed by atoms with van der Waals surface area (Å²) in [6.45, 7) is 3.86. The van der Waals surface area contributed by atoms with E-state index in [0.29, 0.717) is 35.7 Å². The number of rotatable bonds is 10. The Balaban J connectivity index is 1.59. The molecule has 0 radical (unpaired) electrons. The third kappa shape index (κ3) is 6.41. The average Bonchev–Trinajstić information content (AvgIpc) is 2.94. The van der Waals surface area contributed by atoms with E-state index in [1.807, 2.05) is 11.0 Å². The second kappa shape index (κ2) is 12.6. The van der Waals surface area contributed by atoms with Crippen LogP contribution >= 0.6 is 0 Å². The molecule has 2 aliphatic rings. The SMILES string of the molecule is CCOC(=O)C1=C(CN2CCN(S(=O)(=O)c3ccccc3)CC2)NC(=O)N[C@H]1c1ccc(OC)c(COC)c1. The summed E-state index contributed by atoms with van der Waals surface area (Å²) in [4.78, 5) is 28.2. The first-order valence-corrected chi connectivity index (χ1v) is 14.1. The van der Waals surface area contributed by atoms with E-state index in [2.05, 4.69) is 10.6 Å². The van der Waals surface area contributed by atoms with Crippen molar-refractivity contribution in [3.8, 4) is 5.75 Å². The largest absolute Gasteiger partial charge is 0.496 e. The van der Waals surface area contributed by atoms with Crippen LogP contribution in [0, 0.1) is 0 Å². The molecule has 2 aromatic carbocycles. The monoisotopic (exact) mass is 558 g/mol. The molecule has 0 aliphatic carbocycles. The predicted octanol–water partition coefficient (Wildman–Crippen LogP) is 2.02. The normalized spacial score (nSPS) is 18.8. The van der Waals surface area contributed by atoms with Gasteiger partial charge in [0, 0.05) is 51.1 Å². The summed E-state index contributed by atoms with van der Waals surface area (Å²) in [6.07, 6.45) is 0. The van der Waals surface area contributed by atoms with Gasteiger partial charge < -0.3 is 24.8 Å². The van der Waals surface area contributed by atoms with E-state index >= 15 is 0 Å². The fourth-order valence-corrected chi connectivity index (χ4v) is 6.23. The second-order valence-electron chi connectivity index (χ2n) is 9.14. The van der Waals surface area contributed by atoms with Crippen molar-refractivity contribution in [2.75, 3.05) is 53.6 Å². The molecule has 210 valence electrons. The predicted molar refractivity (Wildman–Crippen MR) is 143 cm³/mol. The number of methoxy groups -OCH3 is 2. The number of piperazine rings is 1. The number of benzene rings is 2. The van der Waals surface area contributed by atoms with E-state index in [9.17, 15) is 18.0 Å².